The maximum Gasteiger partial charge on any atom is 0.122 e. The summed E-state index contributed by atoms with van der Waals surface area (Å²) in [6.07, 6.45) is 0. The zero-order valence-electron chi connectivity index (χ0n) is 11.6. The average Bonchev–Trinajstić information content (AvgIpc) is 2.80. The van der Waals surface area contributed by atoms with Gasteiger partial charge in [0.25, 0.3) is 0 Å². The van der Waals surface area contributed by atoms with Crippen molar-refractivity contribution in [1.29, 1.82) is 0 Å². The smallest absolute Gasteiger partial charge is 0.122 e. The number of thiophene rings is 1. The van der Waals surface area contributed by atoms with Gasteiger partial charge in [-0.05, 0) is 55.1 Å². The highest BCUT2D eigenvalue weighted by atomic mass is 35.5. The number of benzene rings is 1. The second kappa shape index (κ2) is 5.95. The van der Waals surface area contributed by atoms with Gasteiger partial charge in [-0.25, -0.2) is 0 Å². The van der Waals surface area contributed by atoms with Crippen LogP contribution in [-0.4, -0.2) is 14.2 Å². The number of methoxy groups -OCH3 is 1. The van der Waals surface area contributed by atoms with Crippen molar-refractivity contribution in [3.63, 3.8) is 0 Å². The molecule has 2 nitrogen and oxygen atoms in total. The SMILES string of the molecule is CNC(c1cc(C)c(OC)cc1C)c1sccc1Cl. The Morgan fingerprint density at radius 2 is 2.00 bits per heavy atom. The highest BCUT2D eigenvalue weighted by molar-refractivity contribution is 7.10. The van der Waals surface area contributed by atoms with Crippen LogP contribution in [-0.2, 0) is 0 Å². The number of aryl methyl sites for hydroxylation is 2. The largest absolute Gasteiger partial charge is 0.496 e. The van der Waals surface area contributed by atoms with E-state index in [1.807, 2.05) is 18.5 Å². The molecule has 19 heavy (non-hydrogen) atoms. The molecule has 0 saturated heterocycles. The average molecular weight is 296 g/mol. The predicted octanol–water partition coefficient (Wildman–Crippen LogP) is 4.34. The molecular formula is C15H18ClNOS. The van der Waals surface area contributed by atoms with Crippen molar-refractivity contribution < 1.29 is 4.74 Å². The second-order valence-corrected chi connectivity index (χ2v) is 5.89. The first kappa shape index (κ1) is 14.4. The van der Waals surface area contributed by atoms with Gasteiger partial charge < -0.3 is 10.1 Å². The Morgan fingerprint density at radius 3 is 2.53 bits per heavy atom. The summed E-state index contributed by atoms with van der Waals surface area (Å²) in [6.45, 7) is 4.16. The maximum absolute atomic E-state index is 6.26. The van der Waals surface area contributed by atoms with Crippen LogP contribution in [0.25, 0.3) is 0 Å². The van der Waals surface area contributed by atoms with Gasteiger partial charge in [-0.1, -0.05) is 17.7 Å². The second-order valence-electron chi connectivity index (χ2n) is 4.53. The molecule has 0 aliphatic rings. The fraction of sp³-hybridized carbons (Fsp3) is 0.333. The number of rotatable bonds is 4. The van der Waals surface area contributed by atoms with Crippen LogP contribution in [0.2, 0.25) is 5.02 Å². The summed E-state index contributed by atoms with van der Waals surface area (Å²) in [4.78, 5) is 1.15. The minimum Gasteiger partial charge on any atom is -0.496 e. The third-order valence-corrected chi connectivity index (χ3v) is 4.71. The van der Waals surface area contributed by atoms with Gasteiger partial charge in [0.15, 0.2) is 0 Å². The predicted molar refractivity (Wildman–Crippen MR) is 82.7 cm³/mol. The van der Waals surface area contributed by atoms with Crippen molar-refractivity contribution >= 4 is 22.9 Å². The van der Waals surface area contributed by atoms with Crippen molar-refractivity contribution in [1.82, 2.24) is 5.32 Å². The number of nitrogens with one attached hydrogen (secondary N) is 1. The Labute approximate surface area is 123 Å². The third kappa shape index (κ3) is 2.78. The fourth-order valence-corrected chi connectivity index (χ4v) is 3.57. The van der Waals surface area contributed by atoms with Crippen molar-refractivity contribution in [2.45, 2.75) is 19.9 Å². The molecule has 102 valence electrons. The molecule has 0 aliphatic carbocycles. The quantitative estimate of drug-likeness (QED) is 0.906. The van der Waals surface area contributed by atoms with E-state index in [2.05, 4.69) is 31.3 Å². The highest BCUT2D eigenvalue weighted by Gasteiger charge is 2.19. The molecule has 1 aromatic carbocycles. The van der Waals surface area contributed by atoms with Crippen molar-refractivity contribution in [2.24, 2.45) is 0 Å². The maximum atomic E-state index is 6.26. The van der Waals surface area contributed by atoms with Crippen LogP contribution in [0.4, 0.5) is 0 Å². The normalized spacial score (nSPS) is 12.5. The molecule has 1 heterocycles. The molecule has 0 bridgehead atoms. The van der Waals surface area contributed by atoms with Gasteiger partial charge in [0.2, 0.25) is 0 Å². The van der Waals surface area contributed by atoms with E-state index in [9.17, 15) is 0 Å². The molecule has 0 radical (unpaired) electrons. The van der Waals surface area contributed by atoms with E-state index in [1.54, 1.807) is 18.4 Å². The summed E-state index contributed by atoms with van der Waals surface area (Å²) >= 11 is 7.94. The molecule has 0 amide bonds. The summed E-state index contributed by atoms with van der Waals surface area (Å²) in [5.74, 6) is 0.924. The molecule has 1 unspecified atom stereocenters. The van der Waals surface area contributed by atoms with E-state index in [0.29, 0.717) is 0 Å². The molecule has 2 aromatic rings. The number of hydrogen-bond donors (Lipinski definition) is 1. The first-order valence-corrected chi connectivity index (χ1v) is 7.39. The van der Waals surface area contributed by atoms with E-state index in [-0.39, 0.29) is 6.04 Å². The summed E-state index contributed by atoms with van der Waals surface area (Å²) in [5.41, 5.74) is 3.58. The topological polar surface area (TPSA) is 21.3 Å². The van der Waals surface area contributed by atoms with E-state index in [1.165, 1.54) is 11.1 Å². The van der Waals surface area contributed by atoms with Gasteiger partial charge >= 0.3 is 0 Å². The van der Waals surface area contributed by atoms with Crippen LogP contribution in [0.1, 0.15) is 27.6 Å². The van der Waals surface area contributed by atoms with Crippen LogP contribution in [0, 0.1) is 13.8 Å². The zero-order valence-corrected chi connectivity index (χ0v) is 13.2. The molecule has 1 aromatic heterocycles. The molecule has 0 fully saturated rings. The van der Waals surface area contributed by atoms with Gasteiger partial charge in [0.1, 0.15) is 5.75 Å². The summed E-state index contributed by atoms with van der Waals surface area (Å²) in [6, 6.07) is 6.32. The van der Waals surface area contributed by atoms with Gasteiger partial charge in [-0.3, -0.25) is 0 Å². The minimum absolute atomic E-state index is 0.122. The van der Waals surface area contributed by atoms with Crippen LogP contribution >= 0.6 is 22.9 Å². The molecule has 1 N–H and O–H groups in total. The summed E-state index contributed by atoms with van der Waals surface area (Å²) in [7, 11) is 3.66. The monoisotopic (exact) mass is 295 g/mol. The van der Waals surface area contributed by atoms with Crippen LogP contribution in [0.3, 0.4) is 0 Å². The van der Waals surface area contributed by atoms with Crippen LogP contribution < -0.4 is 10.1 Å². The Balaban J connectivity index is 2.50. The first-order chi connectivity index (χ1) is 9.08. The van der Waals surface area contributed by atoms with Crippen molar-refractivity contribution in [2.75, 3.05) is 14.2 Å². The zero-order chi connectivity index (χ0) is 14.0. The Hall–Kier alpha value is -1.03. The fourth-order valence-electron chi connectivity index (χ4n) is 2.28. The Kier molecular flexibility index (Phi) is 4.50. The highest BCUT2D eigenvalue weighted by Crippen LogP contribution is 2.35. The van der Waals surface area contributed by atoms with Crippen LogP contribution in [0.5, 0.6) is 5.75 Å². The van der Waals surface area contributed by atoms with Gasteiger partial charge in [-0.2, -0.15) is 0 Å². The lowest BCUT2D eigenvalue weighted by Gasteiger charge is -2.20. The van der Waals surface area contributed by atoms with Crippen molar-refractivity contribution in [3.8, 4) is 5.75 Å². The Morgan fingerprint density at radius 1 is 1.26 bits per heavy atom. The summed E-state index contributed by atoms with van der Waals surface area (Å²) in [5, 5.41) is 6.19. The lowest BCUT2D eigenvalue weighted by Crippen LogP contribution is -2.18. The molecule has 2 rings (SSSR count). The number of halogens is 1. The molecule has 0 saturated carbocycles. The third-order valence-electron chi connectivity index (χ3n) is 3.29. The van der Waals surface area contributed by atoms with Crippen molar-refractivity contribution in [3.05, 3.63) is 50.2 Å². The van der Waals surface area contributed by atoms with Gasteiger partial charge in [0, 0.05) is 4.88 Å². The Bertz CT molecular complexity index is 580. The van der Waals surface area contributed by atoms with E-state index < -0.39 is 0 Å². The lowest BCUT2D eigenvalue weighted by molar-refractivity contribution is 0.411. The standard InChI is InChI=1S/C15H18ClNOS/c1-9-8-13(18-4)10(2)7-11(9)14(17-3)15-12(16)5-6-19-15/h5-8,14,17H,1-4H3. The van der Waals surface area contributed by atoms with E-state index >= 15 is 0 Å². The molecule has 4 heteroatoms. The molecular weight excluding hydrogens is 278 g/mol. The minimum atomic E-state index is 0.122. The van der Waals surface area contributed by atoms with Crippen LogP contribution in [0.15, 0.2) is 23.6 Å². The van der Waals surface area contributed by atoms with E-state index in [0.717, 1.165) is 21.2 Å². The van der Waals surface area contributed by atoms with Gasteiger partial charge in [-0.15, -0.1) is 11.3 Å². The first-order valence-electron chi connectivity index (χ1n) is 6.13. The van der Waals surface area contributed by atoms with E-state index in [4.69, 9.17) is 16.3 Å². The molecule has 0 spiro atoms. The number of ether oxygens (including phenoxy) is 1. The summed E-state index contributed by atoms with van der Waals surface area (Å²) < 4.78 is 5.36. The number of hydrogen-bond acceptors (Lipinski definition) is 3. The molecule has 1 atom stereocenters. The lowest BCUT2D eigenvalue weighted by atomic mass is 9.97. The molecule has 0 aliphatic heterocycles. The van der Waals surface area contributed by atoms with Gasteiger partial charge in [0.05, 0.1) is 18.2 Å².